The maximum atomic E-state index is 6.14. The van der Waals surface area contributed by atoms with Gasteiger partial charge < -0.3 is 5.73 Å². The lowest BCUT2D eigenvalue weighted by Gasteiger charge is -2.38. The zero-order valence-electron chi connectivity index (χ0n) is 8.73. The van der Waals surface area contributed by atoms with Gasteiger partial charge in [0.2, 0.25) is 0 Å². The first-order valence-corrected chi connectivity index (χ1v) is 6.34. The molecule has 0 aromatic heterocycles. The largest absolute Gasteiger partial charge is 0.326 e. The molecule has 14 heavy (non-hydrogen) atoms. The predicted molar refractivity (Wildman–Crippen MR) is 55.8 cm³/mol. The first kappa shape index (κ1) is 8.12. The number of nitrogens with zero attached hydrogens (tertiary/aromatic N) is 1. The van der Waals surface area contributed by atoms with Gasteiger partial charge in [-0.1, -0.05) is 6.42 Å². The molecule has 2 aliphatic heterocycles. The van der Waals surface area contributed by atoms with Gasteiger partial charge in [-0.25, -0.2) is 0 Å². The highest BCUT2D eigenvalue weighted by molar-refractivity contribution is 5.11. The molecule has 5 fully saturated rings. The smallest absolute Gasteiger partial charge is 0.0257 e. The van der Waals surface area contributed by atoms with E-state index in [-0.39, 0.29) is 0 Å². The maximum Gasteiger partial charge on any atom is 0.0257 e. The molecule has 2 nitrogen and oxygen atoms in total. The van der Waals surface area contributed by atoms with E-state index in [1.807, 2.05) is 0 Å². The van der Waals surface area contributed by atoms with Crippen LogP contribution in [0.15, 0.2) is 0 Å². The van der Waals surface area contributed by atoms with E-state index in [1.165, 1.54) is 38.6 Å². The van der Waals surface area contributed by atoms with Gasteiger partial charge >= 0.3 is 0 Å². The summed E-state index contributed by atoms with van der Waals surface area (Å²) in [5.74, 6) is 2.99. The number of hydrogen-bond donors (Lipinski definition) is 1. The third-order valence-electron chi connectivity index (χ3n) is 5.53. The van der Waals surface area contributed by atoms with Crippen LogP contribution in [0.5, 0.6) is 0 Å². The number of fused-ring (bicyclic) bond motifs is 3. The van der Waals surface area contributed by atoms with Gasteiger partial charge in [0.15, 0.2) is 0 Å². The molecule has 2 saturated heterocycles. The third kappa shape index (κ3) is 0.849. The molecule has 3 saturated carbocycles. The fourth-order valence-electron chi connectivity index (χ4n) is 4.70. The second-order valence-electron chi connectivity index (χ2n) is 6.08. The standard InChI is InChI=1S/C12H20N2/c13-12-9-5-11(12)14(6-9)10-4-7-1-2-8(10)3-7/h7-12H,1-6,13H2. The molecule has 0 aromatic rings. The van der Waals surface area contributed by atoms with Crippen LogP contribution in [0.3, 0.4) is 0 Å². The van der Waals surface area contributed by atoms with E-state index in [2.05, 4.69) is 4.90 Å². The lowest BCUT2D eigenvalue weighted by atomic mass is 9.80. The van der Waals surface area contributed by atoms with Crippen molar-refractivity contribution in [2.75, 3.05) is 6.54 Å². The Morgan fingerprint density at radius 2 is 1.86 bits per heavy atom. The summed E-state index contributed by atoms with van der Waals surface area (Å²) in [4.78, 5) is 2.79. The summed E-state index contributed by atoms with van der Waals surface area (Å²) in [6.07, 6.45) is 7.48. The Morgan fingerprint density at radius 3 is 2.36 bits per heavy atom. The van der Waals surface area contributed by atoms with E-state index in [4.69, 9.17) is 5.73 Å². The van der Waals surface area contributed by atoms with Crippen LogP contribution < -0.4 is 5.73 Å². The van der Waals surface area contributed by atoms with E-state index in [0.29, 0.717) is 6.04 Å². The average molecular weight is 192 g/mol. The van der Waals surface area contributed by atoms with Crippen molar-refractivity contribution < 1.29 is 0 Å². The van der Waals surface area contributed by atoms with Crippen LogP contribution in [0.4, 0.5) is 0 Å². The van der Waals surface area contributed by atoms with Crippen molar-refractivity contribution in [2.45, 2.75) is 50.2 Å². The molecular weight excluding hydrogens is 172 g/mol. The second-order valence-corrected chi connectivity index (χ2v) is 6.08. The summed E-state index contributed by atoms with van der Waals surface area (Å²) in [5, 5.41) is 0. The molecule has 78 valence electrons. The number of rotatable bonds is 1. The summed E-state index contributed by atoms with van der Waals surface area (Å²) in [5.41, 5.74) is 6.14. The van der Waals surface area contributed by atoms with Crippen molar-refractivity contribution in [3.63, 3.8) is 0 Å². The van der Waals surface area contributed by atoms with Crippen molar-refractivity contribution in [1.29, 1.82) is 0 Å². The minimum absolute atomic E-state index is 0.536. The molecule has 0 radical (unpaired) electrons. The molecular formula is C12H20N2. The Balaban J connectivity index is 1.55. The van der Waals surface area contributed by atoms with Gasteiger partial charge in [0.25, 0.3) is 0 Å². The monoisotopic (exact) mass is 192 g/mol. The molecule has 5 rings (SSSR count). The van der Waals surface area contributed by atoms with Gasteiger partial charge in [-0.15, -0.1) is 0 Å². The highest BCUT2D eigenvalue weighted by Crippen LogP contribution is 2.51. The van der Waals surface area contributed by atoms with Crippen molar-refractivity contribution in [3.8, 4) is 0 Å². The van der Waals surface area contributed by atoms with E-state index >= 15 is 0 Å². The van der Waals surface area contributed by atoms with Crippen LogP contribution in [0.1, 0.15) is 32.1 Å². The Hall–Kier alpha value is -0.0800. The van der Waals surface area contributed by atoms with Gasteiger partial charge in [0, 0.05) is 24.7 Å². The molecule has 2 N–H and O–H groups in total. The van der Waals surface area contributed by atoms with Crippen molar-refractivity contribution >= 4 is 0 Å². The highest BCUT2D eigenvalue weighted by atomic mass is 15.3. The van der Waals surface area contributed by atoms with Gasteiger partial charge in [0.05, 0.1) is 0 Å². The Morgan fingerprint density at radius 1 is 0.929 bits per heavy atom. The molecule has 3 aliphatic carbocycles. The molecule has 2 heteroatoms. The fraction of sp³-hybridized carbons (Fsp3) is 1.00. The Kier molecular flexibility index (Phi) is 1.47. The zero-order chi connectivity index (χ0) is 9.28. The van der Waals surface area contributed by atoms with Crippen LogP contribution in [0.25, 0.3) is 0 Å². The molecule has 2 heterocycles. The van der Waals surface area contributed by atoms with E-state index in [1.54, 1.807) is 0 Å². The fourth-order valence-corrected chi connectivity index (χ4v) is 4.70. The molecule has 4 bridgehead atoms. The van der Waals surface area contributed by atoms with Crippen molar-refractivity contribution in [3.05, 3.63) is 0 Å². The van der Waals surface area contributed by atoms with Crippen LogP contribution in [0.2, 0.25) is 0 Å². The summed E-state index contributed by atoms with van der Waals surface area (Å²) < 4.78 is 0. The normalized spacial score (nSPS) is 60.6. The predicted octanol–water partition coefficient (Wildman–Crippen LogP) is 1.21. The van der Waals surface area contributed by atoms with Gasteiger partial charge in [-0.3, -0.25) is 4.90 Å². The van der Waals surface area contributed by atoms with Crippen LogP contribution >= 0.6 is 0 Å². The molecule has 0 spiro atoms. The van der Waals surface area contributed by atoms with E-state index in [9.17, 15) is 0 Å². The molecule has 0 amide bonds. The van der Waals surface area contributed by atoms with Gasteiger partial charge in [-0.05, 0) is 43.4 Å². The topological polar surface area (TPSA) is 29.3 Å². The Bertz CT molecular complexity index is 255. The first-order chi connectivity index (χ1) is 6.83. The van der Waals surface area contributed by atoms with Crippen LogP contribution in [-0.4, -0.2) is 29.6 Å². The lowest BCUT2D eigenvalue weighted by molar-refractivity contribution is 0.124. The highest BCUT2D eigenvalue weighted by Gasteiger charge is 2.55. The van der Waals surface area contributed by atoms with Crippen LogP contribution in [0, 0.1) is 17.8 Å². The first-order valence-electron chi connectivity index (χ1n) is 6.34. The second kappa shape index (κ2) is 2.53. The van der Waals surface area contributed by atoms with Crippen molar-refractivity contribution in [2.24, 2.45) is 23.5 Å². The molecule has 5 aliphatic rings. The van der Waals surface area contributed by atoms with Crippen LogP contribution in [-0.2, 0) is 0 Å². The maximum absolute atomic E-state index is 6.14. The number of nitrogens with two attached hydrogens (primary N) is 1. The van der Waals surface area contributed by atoms with Crippen molar-refractivity contribution in [1.82, 2.24) is 4.90 Å². The summed E-state index contributed by atoms with van der Waals surface area (Å²) in [6, 6.07) is 2.26. The molecule has 0 aromatic carbocycles. The Labute approximate surface area is 85.8 Å². The zero-order valence-corrected chi connectivity index (χ0v) is 8.73. The van der Waals surface area contributed by atoms with Gasteiger partial charge in [-0.2, -0.15) is 0 Å². The quantitative estimate of drug-likeness (QED) is 0.676. The third-order valence-corrected chi connectivity index (χ3v) is 5.53. The van der Waals surface area contributed by atoms with E-state index < -0.39 is 0 Å². The minimum atomic E-state index is 0.536. The molecule has 6 unspecified atom stereocenters. The average Bonchev–Trinajstić information content (AvgIpc) is 2.93. The lowest BCUT2D eigenvalue weighted by Crippen LogP contribution is -2.52. The number of hydrogen-bond acceptors (Lipinski definition) is 2. The summed E-state index contributed by atoms with van der Waals surface area (Å²) in [6.45, 7) is 1.33. The summed E-state index contributed by atoms with van der Waals surface area (Å²) >= 11 is 0. The summed E-state index contributed by atoms with van der Waals surface area (Å²) in [7, 11) is 0. The minimum Gasteiger partial charge on any atom is -0.326 e. The van der Waals surface area contributed by atoms with Gasteiger partial charge in [0.1, 0.15) is 0 Å². The van der Waals surface area contributed by atoms with E-state index in [0.717, 1.165) is 29.8 Å². The SMILES string of the molecule is NC1C2CC1N(C1CC3CCC1C3)C2. The molecule has 6 atom stereocenters.